The minimum atomic E-state index is 0.487. The molecule has 0 aliphatic heterocycles. The molecule has 1 aromatic rings. The molecule has 0 saturated carbocycles. The molecule has 0 amide bonds. The maximum Gasteiger partial charge on any atom is 0.161 e. The van der Waals surface area contributed by atoms with Crippen molar-refractivity contribution in [2.24, 2.45) is 0 Å². The summed E-state index contributed by atoms with van der Waals surface area (Å²) in [6.07, 6.45) is 0.726. The molecule has 0 fully saturated rings. The predicted molar refractivity (Wildman–Crippen MR) is 52.2 cm³/mol. The van der Waals surface area contributed by atoms with E-state index in [0.717, 1.165) is 6.29 Å². The van der Waals surface area contributed by atoms with Crippen LogP contribution in [0.5, 0.6) is 11.5 Å². The summed E-state index contributed by atoms with van der Waals surface area (Å²) in [6.45, 7) is 0. The number of aldehydes is 1. The highest BCUT2D eigenvalue weighted by atomic mass is 32.1. The van der Waals surface area contributed by atoms with Crippen LogP contribution in [0.3, 0.4) is 0 Å². The average molecular weight is 198 g/mol. The summed E-state index contributed by atoms with van der Waals surface area (Å²) in [4.78, 5) is 11.1. The van der Waals surface area contributed by atoms with E-state index < -0.39 is 0 Å². The van der Waals surface area contributed by atoms with Gasteiger partial charge >= 0.3 is 0 Å². The van der Waals surface area contributed by atoms with Crippen molar-refractivity contribution in [1.82, 2.24) is 0 Å². The Labute approximate surface area is 82.1 Å². The molecule has 3 nitrogen and oxygen atoms in total. The second-order valence-electron chi connectivity index (χ2n) is 2.38. The number of hydrogen-bond donors (Lipinski definition) is 1. The van der Waals surface area contributed by atoms with Crippen molar-refractivity contribution >= 4 is 18.9 Å². The number of ether oxygens (including phenoxy) is 2. The molecule has 0 aromatic heterocycles. The zero-order chi connectivity index (χ0) is 9.84. The highest BCUT2D eigenvalue weighted by molar-refractivity contribution is 7.80. The van der Waals surface area contributed by atoms with E-state index in [1.54, 1.807) is 12.1 Å². The third-order valence-electron chi connectivity index (χ3n) is 1.66. The van der Waals surface area contributed by atoms with Gasteiger partial charge in [0.1, 0.15) is 0 Å². The van der Waals surface area contributed by atoms with Gasteiger partial charge in [0, 0.05) is 10.5 Å². The lowest BCUT2D eigenvalue weighted by Crippen LogP contribution is -1.93. The fourth-order valence-electron chi connectivity index (χ4n) is 0.978. The molecule has 1 aromatic carbocycles. The van der Waals surface area contributed by atoms with Crippen molar-refractivity contribution in [3.63, 3.8) is 0 Å². The fourth-order valence-corrected chi connectivity index (χ4v) is 1.21. The first kappa shape index (κ1) is 9.92. The zero-order valence-corrected chi connectivity index (χ0v) is 8.30. The molecule has 0 bridgehead atoms. The van der Waals surface area contributed by atoms with Crippen LogP contribution in [0.2, 0.25) is 0 Å². The first-order valence-electron chi connectivity index (χ1n) is 3.63. The summed E-state index contributed by atoms with van der Waals surface area (Å²) in [5, 5.41) is 0. The summed E-state index contributed by atoms with van der Waals surface area (Å²) < 4.78 is 10.0. The van der Waals surface area contributed by atoms with E-state index in [0.29, 0.717) is 22.0 Å². The van der Waals surface area contributed by atoms with E-state index in [1.165, 1.54) is 14.2 Å². The number of methoxy groups -OCH3 is 2. The highest BCUT2D eigenvalue weighted by Gasteiger charge is 2.07. The van der Waals surface area contributed by atoms with Crippen molar-refractivity contribution < 1.29 is 14.3 Å². The molecule has 0 aliphatic carbocycles. The van der Waals surface area contributed by atoms with Gasteiger partial charge in [-0.1, -0.05) is 0 Å². The Morgan fingerprint density at radius 2 is 1.77 bits per heavy atom. The standard InChI is InChI=1S/C9H10O3S/c1-11-7-3-6(5-10)9(13)4-8(7)12-2/h3-5,13H,1-2H3. The van der Waals surface area contributed by atoms with Gasteiger partial charge in [-0.2, -0.15) is 0 Å². The molecule has 4 heteroatoms. The SMILES string of the molecule is COc1cc(S)c(C=O)cc1OC. The topological polar surface area (TPSA) is 35.5 Å². The summed E-state index contributed by atoms with van der Waals surface area (Å²) in [7, 11) is 3.05. The minimum absolute atomic E-state index is 0.487. The fraction of sp³-hybridized carbons (Fsp3) is 0.222. The quantitative estimate of drug-likeness (QED) is 0.594. The van der Waals surface area contributed by atoms with E-state index in [9.17, 15) is 4.79 Å². The van der Waals surface area contributed by atoms with Gasteiger partial charge in [0.15, 0.2) is 17.8 Å². The summed E-state index contributed by atoms with van der Waals surface area (Å²) >= 11 is 4.12. The van der Waals surface area contributed by atoms with Gasteiger partial charge in [0.05, 0.1) is 14.2 Å². The lowest BCUT2D eigenvalue weighted by molar-refractivity contribution is 0.112. The number of carbonyl (C=O) groups excluding carboxylic acids is 1. The van der Waals surface area contributed by atoms with E-state index in [2.05, 4.69) is 12.6 Å². The monoisotopic (exact) mass is 198 g/mol. The molecule has 0 atom stereocenters. The molecule has 0 unspecified atom stereocenters. The van der Waals surface area contributed by atoms with Gasteiger partial charge in [0.2, 0.25) is 0 Å². The summed E-state index contributed by atoms with van der Waals surface area (Å²) in [6, 6.07) is 3.24. The smallest absolute Gasteiger partial charge is 0.161 e. The Morgan fingerprint density at radius 1 is 1.23 bits per heavy atom. The summed E-state index contributed by atoms with van der Waals surface area (Å²) in [5.41, 5.74) is 0.487. The number of hydrogen-bond acceptors (Lipinski definition) is 4. The molecule has 0 spiro atoms. The average Bonchev–Trinajstić information content (AvgIpc) is 2.17. The Hall–Kier alpha value is -1.16. The minimum Gasteiger partial charge on any atom is -0.493 e. The van der Waals surface area contributed by atoms with E-state index >= 15 is 0 Å². The molecule has 1 rings (SSSR count). The van der Waals surface area contributed by atoms with E-state index in [4.69, 9.17) is 9.47 Å². The van der Waals surface area contributed by atoms with Gasteiger partial charge in [-0.05, 0) is 12.1 Å². The Morgan fingerprint density at radius 3 is 2.23 bits per heavy atom. The van der Waals surface area contributed by atoms with Crippen molar-refractivity contribution in [2.45, 2.75) is 4.90 Å². The van der Waals surface area contributed by atoms with Gasteiger partial charge < -0.3 is 9.47 Å². The van der Waals surface area contributed by atoms with Crippen molar-refractivity contribution in [3.8, 4) is 11.5 Å². The van der Waals surface area contributed by atoms with Gasteiger partial charge in [-0.3, -0.25) is 4.79 Å². The largest absolute Gasteiger partial charge is 0.493 e. The van der Waals surface area contributed by atoms with Gasteiger partial charge in [0.25, 0.3) is 0 Å². The molecular weight excluding hydrogens is 188 g/mol. The van der Waals surface area contributed by atoms with Crippen LogP contribution in [-0.4, -0.2) is 20.5 Å². The lowest BCUT2D eigenvalue weighted by Gasteiger charge is -2.08. The third-order valence-corrected chi connectivity index (χ3v) is 2.05. The molecular formula is C9H10O3S. The molecule has 0 aliphatic rings. The Kier molecular flexibility index (Phi) is 3.19. The Balaban J connectivity index is 3.26. The molecule has 0 radical (unpaired) electrons. The van der Waals surface area contributed by atoms with Crippen molar-refractivity contribution in [1.29, 1.82) is 0 Å². The van der Waals surface area contributed by atoms with E-state index in [1.807, 2.05) is 0 Å². The number of rotatable bonds is 3. The van der Waals surface area contributed by atoms with Crippen LogP contribution in [0.25, 0.3) is 0 Å². The third kappa shape index (κ3) is 1.95. The molecule has 0 heterocycles. The second-order valence-corrected chi connectivity index (χ2v) is 2.87. The van der Waals surface area contributed by atoms with Crippen LogP contribution < -0.4 is 9.47 Å². The first-order chi connectivity index (χ1) is 6.22. The van der Waals surface area contributed by atoms with Crippen LogP contribution in [0, 0.1) is 0 Å². The molecule has 0 saturated heterocycles. The number of carbonyl (C=O) groups is 1. The summed E-state index contributed by atoms with van der Waals surface area (Å²) in [5.74, 6) is 1.10. The van der Waals surface area contributed by atoms with Crippen LogP contribution in [0.4, 0.5) is 0 Å². The Bertz CT molecular complexity index is 323. The van der Waals surface area contributed by atoms with E-state index in [-0.39, 0.29) is 0 Å². The second kappa shape index (κ2) is 4.18. The van der Waals surface area contributed by atoms with Crippen LogP contribution in [0.1, 0.15) is 10.4 Å². The molecule has 13 heavy (non-hydrogen) atoms. The zero-order valence-electron chi connectivity index (χ0n) is 7.40. The maximum absolute atomic E-state index is 10.5. The highest BCUT2D eigenvalue weighted by Crippen LogP contribution is 2.31. The van der Waals surface area contributed by atoms with Crippen LogP contribution in [-0.2, 0) is 0 Å². The molecule has 0 N–H and O–H groups in total. The van der Waals surface area contributed by atoms with Crippen molar-refractivity contribution in [2.75, 3.05) is 14.2 Å². The van der Waals surface area contributed by atoms with Gasteiger partial charge in [-0.25, -0.2) is 0 Å². The number of thiol groups is 1. The van der Waals surface area contributed by atoms with Crippen LogP contribution >= 0.6 is 12.6 Å². The number of benzene rings is 1. The maximum atomic E-state index is 10.5. The predicted octanol–water partition coefficient (Wildman–Crippen LogP) is 1.80. The lowest BCUT2D eigenvalue weighted by atomic mass is 10.2. The van der Waals surface area contributed by atoms with Crippen molar-refractivity contribution in [3.05, 3.63) is 17.7 Å². The first-order valence-corrected chi connectivity index (χ1v) is 4.07. The van der Waals surface area contributed by atoms with Gasteiger partial charge in [-0.15, -0.1) is 12.6 Å². The normalized spacial score (nSPS) is 9.46. The van der Waals surface area contributed by atoms with Crippen LogP contribution in [0.15, 0.2) is 17.0 Å². The molecule has 70 valence electrons.